The van der Waals surface area contributed by atoms with Gasteiger partial charge in [-0.05, 0) is 42.7 Å². The highest BCUT2D eigenvalue weighted by atomic mass is 16.2. The molecule has 0 spiro atoms. The van der Waals surface area contributed by atoms with Gasteiger partial charge in [-0.25, -0.2) is 0 Å². The van der Waals surface area contributed by atoms with E-state index < -0.39 is 0 Å². The standard InChI is InChI=1S/C23H25N3O2/c1-25-15-8-12-20(25)21-11-6-3-7-16-26(21)23(28)18-13-14-19(24-22(18)27)17-9-4-2-5-10-17/h2,4-5,8-10,12-15,21H,3,6-7,11,16H2,1H3,(H,24,27)/t21-/m1/s1. The van der Waals surface area contributed by atoms with Crippen molar-refractivity contribution < 1.29 is 4.79 Å². The number of H-pyrrole nitrogens is 1. The number of carbonyl (C=O) groups is 1. The average molecular weight is 375 g/mol. The van der Waals surface area contributed by atoms with Crippen LogP contribution in [0.15, 0.2) is 65.6 Å². The van der Waals surface area contributed by atoms with Crippen LogP contribution >= 0.6 is 0 Å². The summed E-state index contributed by atoms with van der Waals surface area (Å²) >= 11 is 0. The van der Waals surface area contributed by atoms with Gasteiger partial charge in [0, 0.05) is 31.2 Å². The van der Waals surface area contributed by atoms with Crippen molar-refractivity contribution in [1.29, 1.82) is 0 Å². The van der Waals surface area contributed by atoms with E-state index >= 15 is 0 Å². The summed E-state index contributed by atoms with van der Waals surface area (Å²) in [5.41, 5.74) is 2.64. The molecule has 2 aromatic heterocycles. The first-order chi connectivity index (χ1) is 13.6. The van der Waals surface area contributed by atoms with Crippen LogP contribution in [0, 0.1) is 0 Å². The number of pyridine rings is 1. The summed E-state index contributed by atoms with van der Waals surface area (Å²) in [6.07, 6.45) is 6.08. The number of hydrogen-bond acceptors (Lipinski definition) is 2. The molecule has 1 fully saturated rings. The molecule has 0 saturated carbocycles. The minimum Gasteiger partial charge on any atom is -0.353 e. The Morgan fingerprint density at radius 3 is 2.54 bits per heavy atom. The van der Waals surface area contributed by atoms with Crippen LogP contribution in [0.2, 0.25) is 0 Å². The Hall–Kier alpha value is -3.08. The number of amides is 1. The number of carbonyl (C=O) groups excluding carboxylic acids is 1. The van der Waals surface area contributed by atoms with Gasteiger partial charge in [0.2, 0.25) is 0 Å². The van der Waals surface area contributed by atoms with Crippen molar-refractivity contribution in [1.82, 2.24) is 14.5 Å². The molecule has 1 aliphatic rings. The van der Waals surface area contributed by atoms with E-state index in [9.17, 15) is 9.59 Å². The number of hydrogen-bond donors (Lipinski definition) is 1. The lowest BCUT2D eigenvalue weighted by Crippen LogP contribution is -2.38. The number of benzene rings is 1. The number of nitrogens with one attached hydrogen (secondary N) is 1. The van der Waals surface area contributed by atoms with Crippen molar-refractivity contribution in [3.8, 4) is 11.3 Å². The van der Waals surface area contributed by atoms with E-state index in [4.69, 9.17) is 0 Å². The fourth-order valence-electron chi connectivity index (χ4n) is 4.06. The molecule has 3 heterocycles. The highest BCUT2D eigenvalue weighted by molar-refractivity contribution is 5.94. The maximum Gasteiger partial charge on any atom is 0.261 e. The fourth-order valence-corrected chi connectivity index (χ4v) is 4.06. The maximum absolute atomic E-state index is 13.3. The summed E-state index contributed by atoms with van der Waals surface area (Å²) in [6, 6.07) is 17.2. The second-order valence-corrected chi connectivity index (χ2v) is 7.39. The van der Waals surface area contributed by atoms with Crippen LogP contribution in [-0.2, 0) is 7.05 Å². The molecule has 0 bridgehead atoms. The molecule has 5 nitrogen and oxygen atoms in total. The molecule has 1 aromatic carbocycles. The third-order valence-electron chi connectivity index (χ3n) is 5.56. The molecule has 0 unspecified atom stereocenters. The van der Waals surface area contributed by atoms with Crippen LogP contribution in [0.25, 0.3) is 11.3 Å². The van der Waals surface area contributed by atoms with Gasteiger partial charge in [-0.3, -0.25) is 9.59 Å². The number of likely N-dealkylation sites (tertiary alicyclic amines) is 1. The molecule has 1 atom stereocenters. The topological polar surface area (TPSA) is 58.1 Å². The molecule has 1 amide bonds. The van der Waals surface area contributed by atoms with Gasteiger partial charge in [0.25, 0.3) is 11.5 Å². The van der Waals surface area contributed by atoms with Crippen molar-refractivity contribution in [2.45, 2.75) is 31.7 Å². The van der Waals surface area contributed by atoms with Gasteiger partial charge in [-0.15, -0.1) is 0 Å². The summed E-state index contributed by atoms with van der Waals surface area (Å²) in [4.78, 5) is 30.8. The lowest BCUT2D eigenvalue weighted by molar-refractivity contribution is 0.0672. The third-order valence-corrected chi connectivity index (χ3v) is 5.56. The minimum absolute atomic E-state index is 0.00296. The van der Waals surface area contributed by atoms with Gasteiger partial charge < -0.3 is 14.5 Å². The number of aryl methyl sites for hydroxylation is 1. The number of aromatic amines is 1. The first kappa shape index (κ1) is 18.3. The van der Waals surface area contributed by atoms with E-state index in [-0.39, 0.29) is 23.1 Å². The summed E-state index contributed by atoms with van der Waals surface area (Å²) in [5.74, 6) is -0.186. The summed E-state index contributed by atoms with van der Waals surface area (Å²) in [5, 5.41) is 0. The Balaban J connectivity index is 1.67. The molecule has 0 radical (unpaired) electrons. The number of aromatic nitrogens is 2. The summed E-state index contributed by atoms with van der Waals surface area (Å²) < 4.78 is 2.07. The largest absolute Gasteiger partial charge is 0.353 e. The molecule has 0 aliphatic carbocycles. The monoisotopic (exact) mass is 375 g/mol. The van der Waals surface area contributed by atoms with E-state index in [0.29, 0.717) is 6.54 Å². The van der Waals surface area contributed by atoms with Crippen molar-refractivity contribution in [2.75, 3.05) is 6.54 Å². The first-order valence-corrected chi connectivity index (χ1v) is 9.86. The molecule has 1 N–H and O–H groups in total. The number of rotatable bonds is 3. The first-order valence-electron chi connectivity index (χ1n) is 9.86. The maximum atomic E-state index is 13.3. The third kappa shape index (κ3) is 3.52. The Labute approximate surface area is 164 Å². The number of nitrogens with zero attached hydrogens (tertiary/aromatic N) is 2. The zero-order chi connectivity index (χ0) is 19.5. The van der Waals surface area contributed by atoms with Crippen molar-refractivity contribution in [3.63, 3.8) is 0 Å². The van der Waals surface area contributed by atoms with Crippen molar-refractivity contribution in [2.24, 2.45) is 7.05 Å². The molecule has 4 rings (SSSR count). The zero-order valence-corrected chi connectivity index (χ0v) is 16.1. The highest BCUT2D eigenvalue weighted by Gasteiger charge is 2.30. The van der Waals surface area contributed by atoms with Gasteiger partial charge >= 0.3 is 0 Å². The molecular weight excluding hydrogens is 350 g/mol. The van der Waals surface area contributed by atoms with Gasteiger partial charge in [0.15, 0.2) is 0 Å². The quantitative estimate of drug-likeness (QED) is 0.748. The fraction of sp³-hybridized carbons (Fsp3) is 0.304. The Morgan fingerprint density at radius 1 is 1.00 bits per heavy atom. The van der Waals surface area contributed by atoms with Crippen LogP contribution in [0.1, 0.15) is 47.8 Å². The van der Waals surface area contributed by atoms with Crippen LogP contribution in [0.3, 0.4) is 0 Å². The van der Waals surface area contributed by atoms with Gasteiger partial charge in [-0.1, -0.05) is 43.2 Å². The van der Waals surface area contributed by atoms with Crippen LogP contribution in [0.4, 0.5) is 0 Å². The van der Waals surface area contributed by atoms with Crippen LogP contribution < -0.4 is 5.56 Å². The van der Waals surface area contributed by atoms with Crippen molar-refractivity contribution >= 4 is 5.91 Å². The smallest absolute Gasteiger partial charge is 0.261 e. The van der Waals surface area contributed by atoms with E-state index in [1.54, 1.807) is 6.07 Å². The van der Waals surface area contributed by atoms with Gasteiger partial charge in [-0.2, -0.15) is 0 Å². The summed E-state index contributed by atoms with van der Waals surface area (Å²) in [7, 11) is 2.00. The molecule has 1 saturated heterocycles. The molecule has 1 aliphatic heterocycles. The van der Waals surface area contributed by atoms with Gasteiger partial charge in [0.05, 0.1) is 6.04 Å². The molecule has 5 heteroatoms. The molecule has 28 heavy (non-hydrogen) atoms. The molecule has 144 valence electrons. The lowest BCUT2D eigenvalue weighted by Gasteiger charge is -2.30. The second kappa shape index (κ2) is 7.89. The SMILES string of the molecule is Cn1cccc1[C@H]1CCCCCN1C(=O)c1ccc(-c2ccccc2)[nH]c1=O. The highest BCUT2D eigenvalue weighted by Crippen LogP contribution is 2.31. The minimum atomic E-state index is -0.332. The van der Waals surface area contributed by atoms with E-state index in [0.717, 1.165) is 42.6 Å². The predicted octanol–water partition coefficient (Wildman–Crippen LogP) is 4.14. The van der Waals surface area contributed by atoms with Gasteiger partial charge in [0.1, 0.15) is 5.56 Å². The van der Waals surface area contributed by atoms with Crippen LogP contribution in [-0.4, -0.2) is 26.9 Å². The second-order valence-electron chi connectivity index (χ2n) is 7.39. The Morgan fingerprint density at radius 2 is 1.82 bits per heavy atom. The Bertz CT molecular complexity index is 1020. The summed E-state index contributed by atoms with van der Waals surface area (Å²) in [6.45, 7) is 0.675. The zero-order valence-electron chi connectivity index (χ0n) is 16.1. The van der Waals surface area contributed by atoms with E-state index in [1.807, 2.05) is 60.6 Å². The normalized spacial score (nSPS) is 17.3. The predicted molar refractivity (Wildman–Crippen MR) is 110 cm³/mol. The molecule has 3 aromatic rings. The van der Waals surface area contributed by atoms with Crippen molar-refractivity contribution in [3.05, 3.63) is 82.4 Å². The molecular formula is C23H25N3O2. The van der Waals surface area contributed by atoms with E-state index in [1.165, 1.54) is 0 Å². The van der Waals surface area contributed by atoms with Crippen LogP contribution in [0.5, 0.6) is 0 Å². The average Bonchev–Trinajstić information content (AvgIpc) is 2.99. The Kier molecular flexibility index (Phi) is 5.15. The van der Waals surface area contributed by atoms with E-state index in [2.05, 4.69) is 15.6 Å². The lowest BCUT2D eigenvalue weighted by atomic mass is 10.1.